The number of hydrogen-bond acceptors (Lipinski definition) is 0. The summed E-state index contributed by atoms with van der Waals surface area (Å²) < 4.78 is 225. The maximum absolute atomic E-state index is 14.2. The van der Waals surface area contributed by atoms with Gasteiger partial charge in [-0.3, -0.25) is 0 Å². The summed E-state index contributed by atoms with van der Waals surface area (Å²) in [7, 11) is 0. The highest BCUT2D eigenvalue weighted by Crippen LogP contribution is 2.68. The van der Waals surface area contributed by atoms with Crippen molar-refractivity contribution in [3.05, 3.63) is 45.5 Å². The van der Waals surface area contributed by atoms with E-state index in [0.29, 0.717) is 0 Å². The molecule has 2 aromatic rings. The Balaban J connectivity index is 2.49. The molecule has 176 valence electrons. The minimum Gasteiger partial charge on any atom is -0.203 e. The highest BCUT2D eigenvalue weighted by atomic mass is 19.4. The van der Waals surface area contributed by atoms with E-state index in [1.807, 2.05) is 0 Å². The average Bonchev–Trinajstić information content (AvgIpc) is 2.61. The van der Waals surface area contributed by atoms with E-state index in [4.69, 9.17) is 0 Å². The second kappa shape index (κ2) is 5.38. The Morgan fingerprint density at radius 1 is 0.312 bits per heavy atom. The first-order valence-electron chi connectivity index (χ1n) is 7.77. The molecule has 0 aliphatic heterocycles. The molecule has 0 aromatic heterocycles. The number of halogens is 16. The van der Waals surface area contributed by atoms with Gasteiger partial charge in [0.1, 0.15) is 0 Å². The zero-order chi connectivity index (χ0) is 24.8. The maximum Gasteiger partial charge on any atom is 0.380 e. The smallest absolute Gasteiger partial charge is 0.203 e. The normalized spacial score (nSPS) is 25.1. The molecule has 0 fully saturated rings. The molecule has 2 aliphatic carbocycles. The van der Waals surface area contributed by atoms with Crippen LogP contribution >= 0.6 is 0 Å². The van der Waals surface area contributed by atoms with Gasteiger partial charge >= 0.3 is 35.5 Å². The zero-order valence-corrected chi connectivity index (χ0v) is 14.0. The summed E-state index contributed by atoms with van der Waals surface area (Å²) in [6.07, 6.45) is 0. The SMILES string of the molecule is Fc1c(F)c2c3c(c(F)c(F)c4c3c1C(F)(F)C(F)(F)C4(F)F)C(F)(F)C(F)(F)C2(F)F. The highest BCUT2D eigenvalue weighted by molar-refractivity contribution is 5.99. The number of benzene rings is 2. The van der Waals surface area contributed by atoms with Gasteiger partial charge in [-0.1, -0.05) is 0 Å². The Bertz CT molecular complexity index is 1040. The van der Waals surface area contributed by atoms with Gasteiger partial charge in [-0.2, -0.15) is 52.7 Å². The van der Waals surface area contributed by atoms with Crippen molar-refractivity contribution < 1.29 is 70.2 Å². The van der Waals surface area contributed by atoms with E-state index in [0.717, 1.165) is 0 Å². The fraction of sp³-hybridized carbons (Fsp3) is 0.375. The minimum absolute atomic E-state index is 2.90. The van der Waals surface area contributed by atoms with Crippen LogP contribution in [0, 0.1) is 23.3 Å². The summed E-state index contributed by atoms with van der Waals surface area (Å²) in [6, 6.07) is 0. The van der Waals surface area contributed by atoms with Gasteiger partial charge < -0.3 is 0 Å². The number of rotatable bonds is 0. The molecule has 2 aliphatic rings. The topological polar surface area (TPSA) is 0 Å². The first-order valence-corrected chi connectivity index (χ1v) is 7.77. The van der Waals surface area contributed by atoms with Crippen molar-refractivity contribution in [1.82, 2.24) is 0 Å². The van der Waals surface area contributed by atoms with E-state index in [2.05, 4.69) is 0 Å². The number of hydrogen-bond donors (Lipinski definition) is 0. The third kappa shape index (κ3) is 1.89. The molecule has 0 spiro atoms. The van der Waals surface area contributed by atoms with Crippen molar-refractivity contribution in [2.24, 2.45) is 0 Å². The third-order valence-electron chi connectivity index (χ3n) is 5.35. The van der Waals surface area contributed by atoms with Gasteiger partial charge in [-0.05, 0) is 0 Å². The molecule has 0 N–H and O–H groups in total. The molecule has 4 rings (SSSR count). The standard InChI is InChI=1S/C16F16/c17-7-3-1-2-5(9(7)19)13(25,26)16(31,32)14(27,28)6(2)10(20)8(18)4(1)12(23,24)15(29,30)11(3,21)22. The van der Waals surface area contributed by atoms with Gasteiger partial charge in [0.25, 0.3) is 0 Å². The Morgan fingerprint density at radius 2 is 0.469 bits per heavy atom. The van der Waals surface area contributed by atoms with Crippen molar-refractivity contribution in [3.8, 4) is 0 Å². The average molecular weight is 496 g/mol. The highest BCUT2D eigenvalue weighted by Gasteiger charge is 2.81. The minimum atomic E-state index is -6.87. The molecule has 0 unspecified atom stereocenters. The van der Waals surface area contributed by atoms with Crippen molar-refractivity contribution in [1.29, 1.82) is 0 Å². The fourth-order valence-electron chi connectivity index (χ4n) is 3.83. The molecule has 0 heterocycles. The van der Waals surface area contributed by atoms with Crippen LogP contribution in [0.2, 0.25) is 0 Å². The lowest BCUT2D eigenvalue weighted by molar-refractivity contribution is -0.328. The predicted molar refractivity (Wildman–Crippen MR) is 69.2 cm³/mol. The maximum atomic E-state index is 14.2. The molecule has 0 saturated heterocycles. The van der Waals surface area contributed by atoms with Crippen LogP contribution in [0.25, 0.3) is 10.8 Å². The van der Waals surface area contributed by atoms with E-state index >= 15 is 0 Å². The predicted octanol–water partition coefficient (Wildman–Crippen LogP) is 7.06. The Kier molecular flexibility index (Phi) is 3.83. The van der Waals surface area contributed by atoms with Gasteiger partial charge in [0.2, 0.25) is 0 Å². The van der Waals surface area contributed by atoms with Crippen molar-refractivity contribution in [3.63, 3.8) is 0 Å². The van der Waals surface area contributed by atoms with Gasteiger partial charge in [-0.15, -0.1) is 0 Å². The van der Waals surface area contributed by atoms with Gasteiger partial charge in [0.05, 0.1) is 22.3 Å². The third-order valence-corrected chi connectivity index (χ3v) is 5.35. The van der Waals surface area contributed by atoms with E-state index in [1.165, 1.54) is 0 Å². The van der Waals surface area contributed by atoms with Crippen LogP contribution in [0.4, 0.5) is 70.2 Å². The molecule has 0 nitrogen and oxygen atoms in total. The molecule has 16 heteroatoms. The lowest BCUT2D eigenvalue weighted by Gasteiger charge is -2.43. The summed E-state index contributed by atoms with van der Waals surface area (Å²) in [5.41, 5.74) is -13.2. The van der Waals surface area contributed by atoms with E-state index in [-0.39, 0.29) is 0 Å². The monoisotopic (exact) mass is 496 g/mol. The van der Waals surface area contributed by atoms with Crippen LogP contribution in [0.3, 0.4) is 0 Å². The second-order valence-corrected chi connectivity index (χ2v) is 6.95. The Morgan fingerprint density at radius 3 is 0.625 bits per heavy atom. The fourth-order valence-corrected chi connectivity index (χ4v) is 3.83. The largest absolute Gasteiger partial charge is 0.380 e. The van der Waals surface area contributed by atoms with Crippen LogP contribution in [0.15, 0.2) is 0 Å². The first-order chi connectivity index (χ1) is 14.1. The summed E-state index contributed by atoms with van der Waals surface area (Å²) in [5.74, 6) is -54.3. The van der Waals surface area contributed by atoms with Crippen LogP contribution in [0.5, 0.6) is 0 Å². The lowest BCUT2D eigenvalue weighted by Crippen LogP contribution is -2.57. The van der Waals surface area contributed by atoms with Gasteiger partial charge in [-0.25, -0.2) is 17.6 Å². The molecule has 0 amide bonds. The molecular weight excluding hydrogens is 496 g/mol. The van der Waals surface area contributed by atoms with Crippen molar-refractivity contribution in [2.75, 3.05) is 0 Å². The van der Waals surface area contributed by atoms with E-state index in [1.54, 1.807) is 0 Å². The Labute approximate surface area is 163 Å². The molecular formula is C16F16. The lowest BCUT2D eigenvalue weighted by atomic mass is 9.72. The van der Waals surface area contributed by atoms with Crippen LogP contribution in [-0.2, 0) is 23.7 Å². The van der Waals surface area contributed by atoms with Crippen LogP contribution < -0.4 is 0 Å². The Hall–Kier alpha value is -2.42. The molecule has 0 atom stereocenters. The van der Waals surface area contributed by atoms with E-state index < -0.39 is 91.8 Å². The molecule has 0 radical (unpaired) electrons. The zero-order valence-electron chi connectivity index (χ0n) is 14.0. The second-order valence-electron chi connectivity index (χ2n) is 6.95. The molecule has 2 aromatic carbocycles. The quantitative estimate of drug-likeness (QED) is 0.343. The summed E-state index contributed by atoms with van der Waals surface area (Å²) in [5, 5.41) is -5.80. The van der Waals surface area contributed by atoms with Crippen molar-refractivity contribution in [2.45, 2.75) is 35.5 Å². The summed E-state index contributed by atoms with van der Waals surface area (Å²) in [6.45, 7) is 0. The van der Waals surface area contributed by atoms with Crippen LogP contribution in [-0.4, -0.2) is 11.8 Å². The first kappa shape index (κ1) is 22.8. The van der Waals surface area contributed by atoms with Gasteiger partial charge in [0, 0.05) is 10.8 Å². The summed E-state index contributed by atoms with van der Waals surface area (Å²) in [4.78, 5) is 0. The van der Waals surface area contributed by atoms with E-state index in [9.17, 15) is 70.2 Å². The molecule has 32 heavy (non-hydrogen) atoms. The number of alkyl halides is 12. The van der Waals surface area contributed by atoms with Crippen molar-refractivity contribution >= 4 is 10.8 Å². The molecule has 0 saturated carbocycles. The molecule has 0 bridgehead atoms. The summed E-state index contributed by atoms with van der Waals surface area (Å²) >= 11 is 0. The van der Waals surface area contributed by atoms with Gasteiger partial charge in [0.15, 0.2) is 23.3 Å². The van der Waals surface area contributed by atoms with Crippen LogP contribution in [0.1, 0.15) is 22.3 Å².